The van der Waals surface area contributed by atoms with Gasteiger partial charge in [-0.25, -0.2) is 4.79 Å². The maximum atomic E-state index is 14.4. The maximum absolute atomic E-state index is 14.4. The maximum Gasteiger partial charge on any atom is 0.523 e. The minimum atomic E-state index is -5.91. The number of carbonyl (C=O) groups is 5. The van der Waals surface area contributed by atoms with Crippen LogP contribution < -0.4 is 0 Å². The van der Waals surface area contributed by atoms with E-state index >= 15 is 0 Å². The zero-order valence-corrected chi connectivity index (χ0v) is 44.2. The number of rotatable bonds is 8. The van der Waals surface area contributed by atoms with Gasteiger partial charge in [0.25, 0.3) is 11.7 Å². The lowest BCUT2D eigenvalue weighted by Gasteiger charge is -2.42. The molecule has 16 nitrogen and oxygen atoms in total. The van der Waals surface area contributed by atoms with Gasteiger partial charge in [0.2, 0.25) is 5.79 Å². The van der Waals surface area contributed by atoms with Gasteiger partial charge in [0.15, 0.2) is 11.6 Å². The van der Waals surface area contributed by atoms with Crippen LogP contribution >= 0.6 is 0 Å². The van der Waals surface area contributed by atoms with Gasteiger partial charge in [-0.3, -0.25) is 23.4 Å². The number of nitrogens with zero attached hydrogens (tertiary/aromatic N) is 1. The number of allylic oxidation sites excluding steroid dienone is 6. The highest BCUT2D eigenvalue weighted by Gasteiger charge is 2.54. The average Bonchev–Trinajstić information content (AvgIpc) is 3.32. The second kappa shape index (κ2) is 26.7. The van der Waals surface area contributed by atoms with E-state index in [2.05, 4.69) is 4.18 Å². The Kier molecular flexibility index (Phi) is 22.6. The monoisotopic (exact) mass is 1050 g/mol. The van der Waals surface area contributed by atoms with Gasteiger partial charge in [-0.15, -0.1) is 0 Å². The van der Waals surface area contributed by atoms with Gasteiger partial charge in [-0.2, -0.15) is 21.6 Å². The average molecular weight is 1050 g/mol. The molecule has 20 heteroatoms. The zero-order chi connectivity index (χ0) is 53.9. The number of carbonyl (C=O) groups excluding carboxylic acids is 5. The van der Waals surface area contributed by atoms with Gasteiger partial charge in [-0.1, -0.05) is 71.1 Å². The lowest BCUT2D eigenvalue weighted by molar-refractivity contribution is -0.265. The van der Waals surface area contributed by atoms with Crippen molar-refractivity contribution in [1.82, 2.24) is 4.90 Å². The number of halogens is 3. The van der Waals surface area contributed by atoms with E-state index in [-0.39, 0.29) is 74.7 Å². The van der Waals surface area contributed by atoms with Crippen LogP contribution in [0.3, 0.4) is 0 Å². The van der Waals surface area contributed by atoms with E-state index in [4.69, 9.17) is 23.7 Å². The molecule has 3 fully saturated rings. The Hall–Kier alpha value is -3.63. The molecule has 0 aromatic heterocycles. The first-order valence-electron chi connectivity index (χ1n) is 25.2. The SMILES string of the molecule is COC1CC(C[C@H](C)[C@@H]2CC(=O)/C(C)=C/C(C)C(O)[C@@H](OC)C(=O)[C@H](C)C[C@H](C)C=CC=CC=C(C)[C@@H](OC)C[C@@H]3CC[C@@H](C)[C@@](O)(O3)C(=O)C(=O)N3CCCC[C@H]3C(=O)O2)CCC1OS(=O)(=O)C(F)(F)F. The molecule has 72 heavy (non-hydrogen) atoms. The molecule has 0 aromatic rings. The molecule has 3 aliphatic heterocycles. The number of ether oxygens (including phenoxy) is 5. The number of Topliss-reactive ketones (excluding diaryl/α,β-unsaturated/α-hetero) is 3. The van der Waals surface area contributed by atoms with Crippen molar-refractivity contribution >= 4 is 39.3 Å². The number of aliphatic hydroxyl groups is 2. The van der Waals surface area contributed by atoms with Crippen LogP contribution in [0.4, 0.5) is 13.2 Å². The number of esters is 1. The van der Waals surface area contributed by atoms with Crippen molar-refractivity contribution in [1.29, 1.82) is 0 Å². The Morgan fingerprint density at radius 1 is 0.875 bits per heavy atom. The fourth-order valence-electron chi connectivity index (χ4n) is 10.4. The van der Waals surface area contributed by atoms with Crippen molar-refractivity contribution in [2.75, 3.05) is 27.9 Å². The molecule has 1 aliphatic carbocycles. The van der Waals surface area contributed by atoms with Crippen LogP contribution in [0, 0.1) is 35.5 Å². The summed E-state index contributed by atoms with van der Waals surface area (Å²) in [6.45, 7) is 12.1. The Morgan fingerprint density at radius 3 is 2.21 bits per heavy atom. The number of cyclic esters (lactones) is 1. The summed E-state index contributed by atoms with van der Waals surface area (Å²) in [6, 6.07) is -1.29. The molecule has 4 rings (SSSR count). The summed E-state index contributed by atoms with van der Waals surface area (Å²) in [4.78, 5) is 71.9. The van der Waals surface area contributed by atoms with Crippen molar-refractivity contribution in [2.24, 2.45) is 35.5 Å². The van der Waals surface area contributed by atoms with Gasteiger partial charge in [0.1, 0.15) is 24.4 Å². The quantitative estimate of drug-likeness (QED) is 0.108. The lowest BCUT2D eigenvalue weighted by atomic mass is 9.78. The van der Waals surface area contributed by atoms with Crippen molar-refractivity contribution in [2.45, 2.75) is 186 Å². The Bertz CT molecular complexity index is 2130. The Morgan fingerprint density at radius 2 is 1.57 bits per heavy atom. The van der Waals surface area contributed by atoms with E-state index in [1.54, 1.807) is 27.7 Å². The molecule has 408 valence electrons. The first-order valence-corrected chi connectivity index (χ1v) is 26.6. The Labute approximate surface area is 423 Å². The fraction of sp³-hybridized carbons (Fsp3) is 0.750. The summed E-state index contributed by atoms with van der Waals surface area (Å²) in [5.41, 5.74) is -4.62. The standard InChI is InChI=1S/C52H78F3NO15S/c1-30-16-12-11-13-17-31(2)42(66-8)28-38-21-19-36(7)51(63,70-38)48(60)49(61)56-23-15-14-18-39(56)50(62)69-43(29-40(57)32(3)25-35(6)46(59)47(68-10)45(58)34(5)24-30)33(4)26-37-20-22-41(44(27-37)67-9)71-72(64,65)52(53,54)55/h11-13,16-17,25,30,33-39,41-44,46-47,59,63H,14-15,18-24,26-29H2,1-10H3/b13-11?,16-12?,31-17?,32-25+/t30-,33+,34-,35?,36-,37?,38+,39+,41?,42+,43+,44?,46?,47+,51-/m1/s1. The van der Waals surface area contributed by atoms with Crippen molar-refractivity contribution in [3.63, 3.8) is 0 Å². The van der Waals surface area contributed by atoms with Crippen LogP contribution in [-0.2, 0) is 62.0 Å². The number of hydrogen-bond donors (Lipinski definition) is 2. The highest BCUT2D eigenvalue weighted by atomic mass is 32.2. The van der Waals surface area contributed by atoms with Crippen molar-refractivity contribution in [3.8, 4) is 0 Å². The number of ketones is 3. The predicted molar refractivity (Wildman–Crippen MR) is 259 cm³/mol. The normalized spacial score (nSPS) is 36.5. The van der Waals surface area contributed by atoms with Gasteiger partial charge in [0.05, 0.1) is 24.4 Å². The molecule has 2 bridgehead atoms. The van der Waals surface area contributed by atoms with Crippen LogP contribution in [0.15, 0.2) is 47.6 Å². The highest BCUT2D eigenvalue weighted by Crippen LogP contribution is 2.39. The zero-order valence-electron chi connectivity index (χ0n) is 43.4. The van der Waals surface area contributed by atoms with E-state index in [9.17, 15) is 55.8 Å². The number of hydrogen-bond acceptors (Lipinski definition) is 15. The third-order valence-electron chi connectivity index (χ3n) is 15.0. The third kappa shape index (κ3) is 15.7. The molecule has 2 saturated heterocycles. The fourth-order valence-corrected chi connectivity index (χ4v) is 11.1. The van der Waals surface area contributed by atoms with Crippen LogP contribution in [0.1, 0.15) is 126 Å². The summed E-state index contributed by atoms with van der Waals surface area (Å²) >= 11 is 0. The third-order valence-corrected chi connectivity index (χ3v) is 16.1. The summed E-state index contributed by atoms with van der Waals surface area (Å²) < 4.78 is 97.1. The minimum absolute atomic E-state index is 0.0195. The minimum Gasteiger partial charge on any atom is -0.460 e. The summed E-state index contributed by atoms with van der Waals surface area (Å²) in [6.07, 6.45) is 6.06. The summed E-state index contributed by atoms with van der Waals surface area (Å²) in [7, 11) is -1.83. The molecule has 0 radical (unpaired) electrons. The molecule has 3 heterocycles. The molecule has 5 unspecified atom stereocenters. The summed E-state index contributed by atoms with van der Waals surface area (Å²) in [5, 5.41) is 23.4. The molecule has 15 atom stereocenters. The topological polar surface area (TPSA) is 219 Å². The number of alkyl halides is 3. The predicted octanol–water partition coefficient (Wildman–Crippen LogP) is 7.05. The van der Waals surface area contributed by atoms with Gasteiger partial charge in [0, 0.05) is 58.5 Å². The van der Waals surface area contributed by atoms with Gasteiger partial charge in [-0.05, 0) is 107 Å². The van der Waals surface area contributed by atoms with E-state index in [0.717, 1.165) is 10.5 Å². The molecule has 1 saturated carbocycles. The number of piperidine rings is 1. The largest absolute Gasteiger partial charge is 0.523 e. The van der Waals surface area contributed by atoms with Crippen LogP contribution in [0.2, 0.25) is 0 Å². The second-order valence-electron chi connectivity index (χ2n) is 20.6. The number of fused-ring (bicyclic) bond motifs is 3. The van der Waals surface area contributed by atoms with Crippen molar-refractivity contribution in [3.05, 3.63) is 47.6 Å². The van der Waals surface area contributed by atoms with Crippen molar-refractivity contribution < 1.29 is 83.6 Å². The summed E-state index contributed by atoms with van der Waals surface area (Å²) in [5.74, 6) is -9.62. The van der Waals surface area contributed by atoms with Crippen LogP contribution in [-0.4, -0.2) is 141 Å². The van der Waals surface area contributed by atoms with Crippen LogP contribution in [0.25, 0.3) is 0 Å². The number of methoxy groups -OCH3 is 3. The molecular formula is C52H78F3NO15S. The van der Waals surface area contributed by atoms with Crippen LogP contribution in [0.5, 0.6) is 0 Å². The van der Waals surface area contributed by atoms with Gasteiger partial charge >= 0.3 is 21.6 Å². The first-order chi connectivity index (χ1) is 33.7. The Balaban J connectivity index is 1.71. The molecule has 1 amide bonds. The number of aliphatic hydroxyl groups excluding tert-OH is 1. The number of amides is 1. The van der Waals surface area contributed by atoms with E-state index in [1.165, 1.54) is 34.3 Å². The second-order valence-corrected chi connectivity index (χ2v) is 22.1. The smallest absolute Gasteiger partial charge is 0.460 e. The molecule has 2 N–H and O–H groups in total. The molecule has 4 aliphatic rings. The molecule has 0 aromatic carbocycles. The van der Waals surface area contributed by atoms with E-state index in [0.29, 0.717) is 32.1 Å². The van der Waals surface area contributed by atoms with E-state index < -0.39 is 117 Å². The van der Waals surface area contributed by atoms with E-state index in [1.807, 2.05) is 44.2 Å². The molecular weight excluding hydrogens is 968 g/mol. The lowest BCUT2D eigenvalue weighted by Crippen LogP contribution is -2.61. The highest BCUT2D eigenvalue weighted by molar-refractivity contribution is 7.87. The molecule has 0 spiro atoms. The van der Waals surface area contributed by atoms with Gasteiger partial charge < -0.3 is 38.8 Å². The first kappa shape index (κ1) is 60.9.